The first-order valence-electron chi connectivity index (χ1n) is 5.96. The molecule has 0 bridgehead atoms. The summed E-state index contributed by atoms with van der Waals surface area (Å²) in [4.78, 5) is 0. The van der Waals surface area contributed by atoms with Crippen molar-refractivity contribution in [2.75, 3.05) is 0 Å². The first kappa shape index (κ1) is 16.1. The van der Waals surface area contributed by atoms with Crippen molar-refractivity contribution in [2.24, 2.45) is 11.8 Å². The van der Waals surface area contributed by atoms with Gasteiger partial charge in [-0.25, -0.2) is 0 Å². The van der Waals surface area contributed by atoms with Crippen LogP contribution in [0.3, 0.4) is 0 Å². The van der Waals surface area contributed by atoms with Crippen LogP contribution in [0.25, 0.3) is 0 Å². The van der Waals surface area contributed by atoms with Gasteiger partial charge >= 0.3 is 15.6 Å². The van der Waals surface area contributed by atoms with E-state index in [0.717, 1.165) is 12.0 Å². The normalized spacial score (nSPS) is 21.7. The molecule has 0 aromatic carbocycles. The third-order valence-corrected chi connectivity index (χ3v) is 3.87. The molecule has 0 aromatic rings. The molecule has 0 radical (unpaired) electrons. The van der Waals surface area contributed by atoms with E-state index in [1.165, 1.54) is 12.2 Å². The summed E-state index contributed by atoms with van der Waals surface area (Å²) >= 11 is 0. The van der Waals surface area contributed by atoms with Gasteiger partial charge in [0.1, 0.15) is 5.76 Å². The minimum absolute atomic E-state index is 0.0362. The maximum atomic E-state index is 12.3. The van der Waals surface area contributed by atoms with Crippen molar-refractivity contribution in [1.82, 2.24) is 0 Å². The number of allylic oxidation sites excluding steroid dienone is 3. The molecule has 19 heavy (non-hydrogen) atoms. The summed E-state index contributed by atoms with van der Waals surface area (Å²) in [5, 5.41) is 0. The van der Waals surface area contributed by atoms with Crippen LogP contribution in [0.15, 0.2) is 23.5 Å². The second-order valence-electron chi connectivity index (χ2n) is 4.94. The van der Waals surface area contributed by atoms with E-state index >= 15 is 0 Å². The zero-order valence-electron chi connectivity index (χ0n) is 11.0. The molecular formula is C12H17F3O3S. The Labute approximate surface area is 111 Å². The number of alkyl halides is 3. The van der Waals surface area contributed by atoms with E-state index < -0.39 is 15.6 Å². The molecule has 0 amide bonds. The minimum atomic E-state index is -5.60. The standard InChI is InChI=1S/C12H17F3O3S/c1-8(2)10-5-4-9(3)6-11(7-10)18-19(16,17)12(13,14)15/h6-9H,4-5H2,1-3H3/t9-/m1/s1. The van der Waals surface area contributed by atoms with Gasteiger partial charge in [0.2, 0.25) is 0 Å². The van der Waals surface area contributed by atoms with Gasteiger partial charge in [0, 0.05) is 0 Å². The molecule has 0 aromatic heterocycles. The molecule has 1 atom stereocenters. The zero-order valence-corrected chi connectivity index (χ0v) is 11.8. The molecule has 0 saturated carbocycles. The second kappa shape index (κ2) is 5.56. The molecule has 0 heterocycles. The zero-order chi connectivity index (χ0) is 14.8. The molecule has 3 nitrogen and oxygen atoms in total. The first-order valence-corrected chi connectivity index (χ1v) is 7.37. The van der Waals surface area contributed by atoms with Gasteiger partial charge < -0.3 is 4.18 Å². The SMILES string of the molecule is CC(C)C1=CC(OS(=O)(=O)C(F)(F)F)=C[C@H](C)CC1. The Morgan fingerprint density at radius 2 is 1.95 bits per heavy atom. The molecule has 0 saturated heterocycles. The van der Waals surface area contributed by atoms with Crippen LogP contribution in [-0.2, 0) is 14.3 Å². The van der Waals surface area contributed by atoms with Crippen LogP contribution in [0.4, 0.5) is 13.2 Å². The van der Waals surface area contributed by atoms with Gasteiger partial charge in [0.15, 0.2) is 0 Å². The Morgan fingerprint density at radius 3 is 2.42 bits per heavy atom. The third-order valence-electron chi connectivity index (χ3n) is 2.90. The average Bonchev–Trinajstić information content (AvgIpc) is 2.37. The number of hydrogen-bond donors (Lipinski definition) is 0. The largest absolute Gasteiger partial charge is 0.534 e. The second-order valence-corrected chi connectivity index (χ2v) is 6.48. The Morgan fingerprint density at radius 1 is 1.37 bits per heavy atom. The molecule has 0 spiro atoms. The molecule has 0 unspecified atom stereocenters. The van der Waals surface area contributed by atoms with Crippen LogP contribution in [-0.4, -0.2) is 13.9 Å². The molecular weight excluding hydrogens is 281 g/mol. The number of hydrogen-bond acceptors (Lipinski definition) is 3. The summed E-state index contributed by atoms with van der Waals surface area (Å²) in [6, 6.07) is 0. The highest BCUT2D eigenvalue weighted by atomic mass is 32.2. The highest BCUT2D eigenvalue weighted by molar-refractivity contribution is 7.87. The van der Waals surface area contributed by atoms with Crippen LogP contribution in [0.1, 0.15) is 33.6 Å². The monoisotopic (exact) mass is 298 g/mol. The molecule has 1 rings (SSSR count). The fourth-order valence-electron chi connectivity index (χ4n) is 1.74. The maximum Gasteiger partial charge on any atom is 0.534 e. The lowest BCUT2D eigenvalue weighted by molar-refractivity contribution is -0.0520. The molecule has 1 aliphatic carbocycles. The highest BCUT2D eigenvalue weighted by Crippen LogP contribution is 2.31. The predicted octanol–water partition coefficient (Wildman–Crippen LogP) is 3.75. The van der Waals surface area contributed by atoms with Gasteiger partial charge in [-0.3, -0.25) is 0 Å². The summed E-state index contributed by atoms with van der Waals surface area (Å²) in [6.07, 6.45) is 4.29. The van der Waals surface area contributed by atoms with Crippen molar-refractivity contribution in [3.8, 4) is 0 Å². The van der Waals surface area contributed by atoms with Crippen LogP contribution in [0.5, 0.6) is 0 Å². The summed E-state index contributed by atoms with van der Waals surface area (Å²) in [5.74, 6) is -0.150. The van der Waals surface area contributed by atoms with Crippen LogP contribution >= 0.6 is 0 Å². The van der Waals surface area contributed by atoms with Crippen LogP contribution in [0.2, 0.25) is 0 Å². The van der Waals surface area contributed by atoms with Crippen molar-refractivity contribution in [3.63, 3.8) is 0 Å². The Hall–Kier alpha value is -0.980. The van der Waals surface area contributed by atoms with Gasteiger partial charge in [0.25, 0.3) is 0 Å². The fraction of sp³-hybridized carbons (Fsp3) is 0.667. The summed E-state index contributed by atoms with van der Waals surface area (Å²) < 4.78 is 63.0. The van der Waals surface area contributed by atoms with Crippen molar-refractivity contribution in [1.29, 1.82) is 0 Å². The summed E-state index contributed by atoms with van der Waals surface area (Å²) in [6.45, 7) is 5.61. The summed E-state index contributed by atoms with van der Waals surface area (Å²) in [5.41, 5.74) is -4.53. The Bertz CT molecular complexity index is 487. The van der Waals surface area contributed by atoms with Gasteiger partial charge in [0.05, 0.1) is 0 Å². The highest BCUT2D eigenvalue weighted by Gasteiger charge is 2.48. The van der Waals surface area contributed by atoms with Crippen molar-refractivity contribution in [3.05, 3.63) is 23.5 Å². The topological polar surface area (TPSA) is 43.4 Å². The lowest BCUT2D eigenvalue weighted by atomic mass is 9.96. The van der Waals surface area contributed by atoms with Crippen molar-refractivity contribution >= 4 is 10.1 Å². The minimum Gasteiger partial charge on any atom is -0.376 e. The van der Waals surface area contributed by atoms with Gasteiger partial charge in [-0.1, -0.05) is 26.3 Å². The summed E-state index contributed by atoms with van der Waals surface area (Å²) in [7, 11) is -5.60. The number of rotatable bonds is 3. The molecule has 0 N–H and O–H groups in total. The quantitative estimate of drug-likeness (QED) is 0.589. The molecule has 0 aliphatic heterocycles. The van der Waals surface area contributed by atoms with Crippen molar-refractivity contribution in [2.45, 2.75) is 39.1 Å². The third kappa shape index (κ3) is 4.26. The lowest BCUT2D eigenvalue weighted by Gasteiger charge is -2.12. The Kier molecular flexibility index (Phi) is 4.71. The van der Waals surface area contributed by atoms with Gasteiger partial charge in [-0.15, -0.1) is 0 Å². The fourth-order valence-corrected chi connectivity index (χ4v) is 2.19. The number of halogens is 3. The maximum absolute atomic E-state index is 12.3. The lowest BCUT2D eigenvalue weighted by Crippen LogP contribution is -2.25. The molecule has 7 heteroatoms. The van der Waals surface area contributed by atoms with Crippen LogP contribution in [0, 0.1) is 11.8 Å². The van der Waals surface area contributed by atoms with E-state index in [1.54, 1.807) is 6.92 Å². The van der Waals surface area contributed by atoms with E-state index in [0.29, 0.717) is 6.42 Å². The molecule has 1 aliphatic rings. The van der Waals surface area contributed by atoms with Gasteiger partial charge in [-0.2, -0.15) is 21.6 Å². The van der Waals surface area contributed by atoms with Crippen molar-refractivity contribution < 1.29 is 25.8 Å². The van der Waals surface area contributed by atoms with E-state index in [2.05, 4.69) is 4.18 Å². The van der Waals surface area contributed by atoms with E-state index in [1.807, 2.05) is 13.8 Å². The van der Waals surface area contributed by atoms with Crippen LogP contribution < -0.4 is 0 Å². The Balaban J connectivity index is 3.05. The first-order chi connectivity index (χ1) is 8.53. The van der Waals surface area contributed by atoms with E-state index in [9.17, 15) is 21.6 Å². The predicted molar refractivity (Wildman–Crippen MR) is 65.5 cm³/mol. The van der Waals surface area contributed by atoms with E-state index in [4.69, 9.17) is 0 Å². The molecule has 0 fully saturated rings. The average molecular weight is 298 g/mol. The van der Waals surface area contributed by atoms with E-state index in [-0.39, 0.29) is 17.6 Å². The van der Waals surface area contributed by atoms with Gasteiger partial charge in [-0.05, 0) is 36.8 Å². The smallest absolute Gasteiger partial charge is 0.376 e. The molecule has 110 valence electrons.